The van der Waals surface area contributed by atoms with Gasteiger partial charge in [0.15, 0.2) is 0 Å². The molecule has 0 saturated heterocycles. The molecule has 0 heterocycles. The van der Waals surface area contributed by atoms with E-state index in [9.17, 15) is 0 Å². The van der Waals surface area contributed by atoms with E-state index in [4.69, 9.17) is 0 Å². The van der Waals surface area contributed by atoms with Crippen molar-refractivity contribution in [1.29, 1.82) is 0 Å². The summed E-state index contributed by atoms with van der Waals surface area (Å²) in [6.07, 6.45) is 2.26. The third kappa shape index (κ3) is 2.56. The molecule has 0 saturated carbocycles. The zero-order valence-electron chi connectivity index (χ0n) is 8.80. The van der Waals surface area contributed by atoms with E-state index in [1.807, 2.05) is 7.05 Å². The van der Waals surface area contributed by atoms with E-state index >= 15 is 0 Å². The van der Waals surface area contributed by atoms with Gasteiger partial charge in [-0.1, -0.05) is 38.1 Å². The van der Waals surface area contributed by atoms with Gasteiger partial charge in [0.2, 0.25) is 0 Å². The topological polar surface area (TPSA) is 12.0 Å². The molecule has 1 atom stereocenters. The van der Waals surface area contributed by atoms with Crippen molar-refractivity contribution in [2.24, 2.45) is 0 Å². The van der Waals surface area contributed by atoms with Gasteiger partial charge < -0.3 is 5.32 Å². The second-order valence-electron chi connectivity index (χ2n) is 3.34. The van der Waals surface area contributed by atoms with E-state index in [-0.39, 0.29) is 0 Å². The van der Waals surface area contributed by atoms with Gasteiger partial charge in [0.25, 0.3) is 0 Å². The minimum absolute atomic E-state index is 0.505. The summed E-state index contributed by atoms with van der Waals surface area (Å²) in [6, 6.07) is 9.39. The van der Waals surface area contributed by atoms with Gasteiger partial charge in [-0.05, 0) is 31.0 Å². The Morgan fingerprint density at radius 1 is 1.15 bits per heavy atom. The highest BCUT2D eigenvalue weighted by atomic mass is 14.9. The molecule has 0 radical (unpaired) electrons. The second-order valence-corrected chi connectivity index (χ2v) is 3.34. The van der Waals surface area contributed by atoms with E-state index in [2.05, 4.69) is 43.4 Å². The predicted octanol–water partition coefficient (Wildman–Crippen LogP) is 2.92. The van der Waals surface area contributed by atoms with Gasteiger partial charge in [0, 0.05) is 6.04 Å². The molecule has 0 fully saturated rings. The van der Waals surface area contributed by atoms with Crippen LogP contribution in [0.3, 0.4) is 0 Å². The van der Waals surface area contributed by atoms with Crippen LogP contribution in [0.1, 0.15) is 37.4 Å². The molecular weight excluding hydrogens is 158 g/mol. The normalized spacial score (nSPS) is 12.8. The molecule has 1 nitrogen and oxygen atoms in total. The van der Waals surface area contributed by atoms with Gasteiger partial charge >= 0.3 is 0 Å². The Hall–Kier alpha value is -0.820. The van der Waals surface area contributed by atoms with Crippen LogP contribution in [0, 0.1) is 0 Å². The van der Waals surface area contributed by atoms with E-state index in [0.29, 0.717) is 6.04 Å². The highest BCUT2D eigenvalue weighted by Gasteiger charge is 2.04. The maximum Gasteiger partial charge on any atom is 0.0314 e. The van der Waals surface area contributed by atoms with Crippen molar-refractivity contribution in [3.63, 3.8) is 0 Å². The van der Waals surface area contributed by atoms with Crippen LogP contribution in [0.25, 0.3) is 0 Å². The quantitative estimate of drug-likeness (QED) is 0.745. The van der Waals surface area contributed by atoms with Gasteiger partial charge in [-0.2, -0.15) is 0 Å². The third-order valence-corrected chi connectivity index (χ3v) is 2.55. The smallest absolute Gasteiger partial charge is 0.0314 e. The highest BCUT2D eigenvalue weighted by molar-refractivity contribution is 5.24. The fourth-order valence-electron chi connectivity index (χ4n) is 1.59. The Kier molecular flexibility index (Phi) is 3.97. The summed E-state index contributed by atoms with van der Waals surface area (Å²) in [7, 11) is 2.02. The minimum atomic E-state index is 0.505. The van der Waals surface area contributed by atoms with Gasteiger partial charge in [-0.3, -0.25) is 0 Å². The zero-order chi connectivity index (χ0) is 9.68. The van der Waals surface area contributed by atoms with Gasteiger partial charge in [-0.25, -0.2) is 0 Å². The average molecular weight is 177 g/mol. The molecule has 0 aliphatic rings. The molecule has 0 amide bonds. The summed E-state index contributed by atoms with van der Waals surface area (Å²) >= 11 is 0. The molecule has 1 N–H and O–H groups in total. The molecule has 72 valence electrons. The standard InChI is InChI=1S/C12H19N/c1-4-10-6-8-11(9-7-10)12(5-2)13-3/h6-9,12-13H,4-5H2,1-3H3/t12-/m1/s1. The Bertz CT molecular complexity index is 234. The largest absolute Gasteiger partial charge is 0.313 e. The predicted molar refractivity (Wildman–Crippen MR) is 57.9 cm³/mol. The molecular formula is C12H19N. The van der Waals surface area contributed by atoms with Crippen molar-refractivity contribution >= 4 is 0 Å². The van der Waals surface area contributed by atoms with Crippen molar-refractivity contribution in [3.05, 3.63) is 35.4 Å². The van der Waals surface area contributed by atoms with Crippen molar-refractivity contribution in [2.45, 2.75) is 32.7 Å². The molecule has 0 bridgehead atoms. The monoisotopic (exact) mass is 177 g/mol. The Labute approximate surface area is 81.2 Å². The van der Waals surface area contributed by atoms with Crippen LogP contribution in [0.4, 0.5) is 0 Å². The van der Waals surface area contributed by atoms with Gasteiger partial charge in [0.1, 0.15) is 0 Å². The van der Waals surface area contributed by atoms with Crippen LogP contribution < -0.4 is 5.32 Å². The molecule has 0 spiro atoms. The first-order valence-electron chi connectivity index (χ1n) is 5.07. The molecule has 1 aromatic carbocycles. The van der Waals surface area contributed by atoms with Crippen molar-refractivity contribution < 1.29 is 0 Å². The number of aryl methyl sites for hydroxylation is 1. The summed E-state index contributed by atoms with van der Waals surface area (Å²) < 4.78 is 0. The van der Waals surface area contributed by atoms with Crippen molar-refractivity contribution in [3.8, 4) is 0 Å². The lowest BCUT2D eigenvalue weighted by molar-refractivity contribution is 0.577. The van der Waals surface area contributed by atoms with E-state index < -0.39 is 0 Å². The number of nitrogens with one attached hydrogen (secondary N) is 1. The second kappa shape index (κ2) is 5.03. The SMILES string of the molecule is CCc1ccc([C@@H](CC)NC)cc1. The lowest BCUT2D eigenvalue weighted by atomic mass is 10.0. The first-order chi connectivity index (χ1) is 6.31. The number of rotatable bonds is 4. The first kappa shape index (κ1) is 10.3. The van der Waals surface area contributed by atoms with Crippen LogP contribution >= 0.6 is 0 Å². The molecule has 0 aliphatic carbocycles. The van der Waals surface area contributed by atoms with E-state index in [1.54, 1.807) is 0 Å². The summed E-state index contributed by atoms with van der Waals surface area (Å²) in [5.74, 6) is 0. The highest BCUT2D eigenvalue weighted by Crippen LogP contribution is 2.16. The lowest BCUT2D eigenvalue weighted by Gasteiger charge is -2.14. The minimum Gasteiger partial charge on any atom is -0.313 e. The molecule has 1 heteroatoms. The zero-order valence-corrected chi connectivity index (χ0v) is 8.80. The summed E-state index contributed by atoms with van der Waals surface area (Å²) in [5.41, 5.74) is 2.80. The molecule has 1 rings (SSSR count). The van der Waals surface area contributed by atoms with E-state index in [0.717, 1.165) is 12.8 Å². The number of hydrogen-bond acceptors (Lipinski definition) is 1. The van der Waals surface area contributed by atoms with Crippen LogP contribution in [-0.2, 0) is 6.42 Å². The summed E-state index contributed by atoms with van der Waals surface area (Å²) in [6.45, 7) is 4.39. The Morgan fingerprint density at radius 3 is 2.15 bits per heavy atom. The summed E-state index contributed by atoms with van der Waals surface area (Å²) in [4.78, 5) is 0. The van der Waals surface area contributed by atoms with Crippen molar-refractivity contribution in [2.75, 3.05) is 7.05 Å². The van der Waals surface area contributed by atoms with Crippen LogP contribution in [0.15, 0.2) is 24.3 Å². The van der Waals surface area contributed by atoms with Crippen LogP contribution in [-0.4, -0.2) is 7.05 Å². The molecule has 0 aromatic heterocycles. The maximum atomic E-state index is 3.31. The third-order valence-electron chi connectivity index (χ3n) is 2.55. The van der Waals surface area contributed by atoms with Crippen LogP contribution in [0.5, 0.6) is 0 Å². The summed E-state index contributed by atoms with van der Waals surface area (Å²) in [5, 5.41) is 3.31. The number of hydrogen-bond donors (Lipinski definition) is 1. The van der Waals surface area contributed by atoms with Gasteiger partial charge in [0.05, 0.1) is 0 Å². The van der Waals surface area contributed by atoms with Gasteiger partial charge in [-0.15, -0.1) is 0 Å². The van der Waals surface area contributed by atoms with E-state index in [1.165, 1.54) is 11.1 Å². The van der Waals surface area contributed by atoms with Crippen molar-refractivity contribution in [1.82, 2.24) is 5.32 Å². The maximum absolute atomic E-state index is 3.31. The molecule has 13 heavy (non-hydrogen) atoms. The number of benzene rings is 1. The average Bonchev–Trinajstić information content (AvgIpc) is 2.21. The van der Waals surface area contributed by atoms with Crippen LogP contribution in [0.2, 0.25) is 0 Å². The molecule has 1 aromatic rings. The molecule has 0 aliphatic heterocycles. The fraction of sp³-hybridized carbons (Fsp3) is 0.500. The lowest BCUT2D eigenvalue weighted by Crippen LogP contribution is -2.14. The Morgan fingerprint density at radius 2 is 1.77 bits per heavy atom. The first-order valence-corrected chi connectivity index (χ1v) is 5.07. The fourth-order valence-corrected chi connectivity index (χ4v) is 1.59. The molecule has 0 unspecified atom stereocenters. The Balaban J connectivity index is 2.78.